The van der Waals surface area contributed by atoms with Crippen LogP contribution in [0.25, 0.3) is 0 Å². The Balaban J connectivity index is 2.04. The number of nitrogens with one attached hydrogen (secondary N) is 1. The zero-order valence-corrected chi connectivity index (χ0v) is 12.8. The Morgan fingerprint density at radius 3 is 2.50 bits per heavy atom. The van der Waals surface area contributed by atoms with Crippen molar-refractivity contribution in [3.05, 3.63) is 58.2 Å². The van der Waals surface area contributed by atoms with Crippen LogP contribution in [0, 0.1) is 0 Å². The molecule has 0 aliphatic carbocycles. The third kappa shape index (κ3) is 3.57. The highest BCUT2D eigenvalue weighted by molar-refractivity contribution is 9.10. The molecular formula is C15H15BrN2O2. The quantitative estimate of drug-likeness (QED) is 0.932. The van der Waals surface area contributed by atoms with Gasteiger partial charge in [-0.15, -0.1) is 0 Å². The number of rotatable bonds is 4. The predicted octanol–water partition coefficient (Wildman–Crippen LogP) is 3.34. The molecule has 0 bridgehead atoms. The van der Waals surface area contributed by atoms with E-state index in [0.29, 0.717) is 11.4 Å². The Kier molecular flexibility index (Phi) is 4.74. The molecule has 0 spiro atoms. The van der Waals surface area contributed by atoms with Crippen LogP contribution in [-0.4, -0.2) is 18.0 Å². The van der Waals surface area contributed by atoms with Gasteiger partial charge in [0.15, 0.2) is 0 Å². The van der Waals surface area contributed by atoms with E-state index < -0.39 is 0 Å². The van der Waals surface area contributed by atoms with Gasteiger partial charge in [0.1, 0.15) is 0 Å². The molecule has 1 aromatic heterocycles. The summed E-state index contributed by atoms with van der Waals surface area (Å²) in [5, 5.41) is 2.93. The summed E-state index contributed by atoms with van der Waals surface area (Å²) in [5.74, 6) is 0.332. The number of carbonyl (C=O) groups is 1. The van der Waals surface area contributed by atoms with Crippen LogP contribution in [0.4, 0.5) is 0 Å². The van der Waals surface area contributed by atoms with E-state index in [2.05, 4.69) is 26.2 Å². The van der Waals surface area contributed by atoms with Crippen LogP contribution >= 0.6 is 15.9 Å². The first-order valence-corrected chi connectivity index (χ1v) is 6.96. The van der Waals surface area contributed by atoms with Gasteiger partial charge in [-0.1, -0.05) is 28.1 Å². The highest BCUT2D eigenvalue weighted by Crippen LogP contribution is 2.17. The Morgan fingerprint density at radius 2 is 1.95 bits per heavy atom. The first-order chi connectivity index (χ1) is 9.60. The lowest BCUT2D eigenvalue weighted by atomic mass is 10.1. The molecule has 2 rings (SSSR count). The van der Waals surface area contributed by atoms with Crippen LogP contribution in [-0.2, 0) is 0 Å². The number of hydrogen-bond acceptors (Lipinski definition) is 3. The second-order valence-corrected chi connectivity index (χ2v) is 5.25. The zero-order valence-electron chi connectivity index (χ0n) is 11.3. The topological polar surface area (TPSA) is 51.2 Å². The lowest BCUT2D eigenvalue weighted by molar-refractivity contribution is 0.0939. The number of pyridine rings is 1. The summed E-state index contributed by atoms with van der Waals surface area (Å²) in [7, 11) is 1.54. The number of ether oxygens (including phenoxy) is 1. The molecule has 0 aliphatic rings. The van der Waals surface area contributed by atoms with Gasteiger partial charge >= 0.3 is 0 Å². The Labute approximate surface area is 126 Å². The van der Waals surface area contributed by atoms with Crippen molar-refractivity contribution >= 4 is 21.8 Å². The van der Waals surface area contributed by atoms with Gasteiger partial charge in [0.25, 0.3) is 5.91 Å². The molecule has 5 heteroatoms. The van der Waals surface area contributed by atoms with E-state index in [9.17, 15) is 4.79 Å². The molecule has 1 amide bonds. The van der Waals surface area contributed by atoms with Crippen molar-refractivity contribution in [2.24, 2.45) is 0 Å². The molecule has 2 aromatic rings. The molecule has 104 valence electrons. The van der Waals surface area contributed by atoms with Crippen molar-refractivity contribution in [2.45, 2.75) is 13.0 Å². The second-order valence-electron chi connectivity index (χ2n) is 4.34. The number of amides is 1. The Hall–Kier alpha value is -1.88. The SMILES string of the molecule is COc1ccc(C(=O)NC(C)c2ccc(Br)cc2)cn1. The van der Waals surface area contributed by atoms with Gasteiger partial charge < -0.3 is 10.1 Å². The first-order valence-electron chi connectivity index (χ1n) is 6.16. The average Bonchev–Trinajstić information content (AvgIpc) is 2.48. The van der Waals surface area contributed by atoms with Crippen LogP contribution < -0.4 is 10.1 Å². The van der Waals surface area contributed by atoms with Crippen molar-refractivity contribution in [3.63, 3.8) is 0 Å². The summed E-state index contributed by atoms with van der Waals surface area (Å²) >= 11 is 3.39. The number of halogens is 1. The molecule has 0 saturated carbocycles. The van der Waals surface area contributed by atoms with E-state index in [4.69, 9.17) is 4.74 Å². The number of carbonyl (C=O) groups excluding carboxylic acids is 1. The van der Waals surface area contributed by atoms with Crippen LogP contribution in [0.5, 0.6) is 5.88 Å². The fourth-order valence-electron chi connectivity index (χ4n) is 1.75. The molecule has 1 unspecified atom stereocenters. The fourth-order valence-corrected chi connectivity index (χ4v) is 2.01. The van der Waals surface area contributed by atoms with E-state index in [-0.39, 0.29) is 11.9 Å². The van der Waals surface area contributed by atoms with Crippen LogP contribution in [0.2, 0.25) is 0 Å². The van der Waals surface area contributed by atoms with Gasteiger partial charge in [0.05, 0.1) is 18.7 Å². The number of hydrogen-bond donors (Lipinski definition) is 1. The number of nitrogens with zero attached hydrogens (tertiary/aromatic N) is 1. The van der Waals surface area contributed by atoms with Crippen molar-refractivity contribution < 1.29 is 9.53 Å². The van der Waals surface area contributed by atoms with Crippen molar-refractivity contribution in [1.29, 1.82) is 0 Å². The predicted molar refractivity (Wildman–Crippen MR) is 80.8 cm³/mol. The van der Waals surface area contributed by atoms with Gasteiger partial charge in [0, 0.05) is 16.7 Å². The zero-order chi connectivity index (χ0) is 14.5. The lowest BCUT2D eigenvalue weighted by Gasteiger charge is -2.14. The minimum atomic E-state index is -0.157. The number of aromatic nitrogens is 1. The summed E-state index contributed by atoms with van der Waals surface area (Å²) in [6.07, 6.45) is 1.50. The van der Waals surface area contributed by atoms with Crippen molar-refractivity contribution in [2.75, 3.05) is 7.11 Å². The maximum Gasteiger partial charge on any atom is 0.253 e. The van der Waals surface area contributed by atoms with E-state index in [1.54, 1.807) is 12.1 Å². The van der Waals surface area contributed by atoms with E-state index in [1.165, 1.54) is 13.3 Å². The summed E-state index contributed by atoms with van der Waals surface area (Å²) in [5.41, 5.74) is 1.55. The molecule has 1 heterocycles. The Bertz CT molecular complexity index is 582. The average molecular weight is 335 g/mol. The molecule has 1 aromatic carbocycles. The smallest absolute Gasteiger partial charge is 0.253 e. The van der Waals surface area contributed by atoms with Gasteiger partial charge in [-0.2, -0.15) is 0 Å². The molecule has 20 heavy (non-hydrogen) atoms. The normalized spacial score (nSPS) is 11.8. The van der Waals surface area contributed by atoms with Gasteiger partial charge in [-0.3, -0.25) is 4.79 Å². The minimum absolute atomic E-state index is 0.0716. The monoisotopic (exact) mass is 334 g/mol. The van der Waals surface area contributed by atoms with Gasteiger partial charge in [-0.25, -0.2) is 4.98 Å². The first kappa shape index (κ1) is 14.5. The van der Waals surface area contributed by atoms with E-state index >= 15 is 0 Å². The van der Waals surface area contributed by atoms with Crippen molar-refractivity contribution in [3.8, 4) is 5.88 Å². The van der Waals surface area contributed by atoms with Crippen LogP contribution in [0.3, 0.4) is 0 Å². The highest BCUT2D eigenvalue weighted by atomic mass is 79.9. The molecule has 0 aliphatic heterocycles. The molecule has 4 nitrogen and oxygen atoms in total. The molecule has 0 saturated heterocycles. The number of methoxy groups -OCH3 is 1. The number of benzene rings is 1. The van der Waals surface area contributed by atoms with E-state index in [0.717, 1.165) is 10.0 Å². The largest absolute Gasteiger partial charge is 0.481 e. The standard InChI is InChI=1S/C15H15BrN2O2/c1-10(11-3-6-13(16)7-4-11)18-15(19)12-5-8-14(20-2)17-9-12/h3-10H,1-2H3,(H,18,19). The van der Waals surface area contributed by atoms with Gasteiger partial charge in [-0.05, 0) is 30.7 Å². The summed E-state index contributed by atoms with van der Waals surface area (Å²) in [6, 6.07) is 11.1. The molecule has 0 fully saturated rings. The summed E-state index contributed by atoms with van der Waals surface area (Å²) in [6.45, 7) is 1.94. The summed E-state index contributed by atoms with van der Waals surface area (Å²) in [4.78, 5) is 16.1. The van der Waals surface area contributed by atoms with E-state index in [1.807, 2.05) is 31.2 Å². The highest BCUT2D eigenvalue weighted by Gasteiger charge is 2.11. The minimum Gasteiger partial charge on any atom is -0.481 e. The Morgan fingerprint density at radius 1 is 1.25 bits per heavy atom. The molecule has 0 radical (unpaired) electrons. The van der Waals surface area contributed by atoms with Crippen molar-refractivity contribution in [1.82, 2.24) is 10.3 Å². The molecule has 1 N–H and O–H groups in total. The lowest BCUT2D eigenvalue weighted by Crippen LogP contribution is -2.26. The van der Waals surface area contributed by atoms with Crippen LogP contribution in [0.1, 0.15) is 28.9 Å². The fraction of sp³-hybridized carbons (Fsp3) is 0.200. The maximum atomic E-state index is 12.1. The maximum absolute atomic E-state index is 12.1. The van der Waals surface area contributed by atoms with Gasteiger partial charge in [0.2, 0.25) is 5.88 Å². The molecular weight excluding hydrogens is 320 g/mol. The summed E-state index contributed by atoms with van der Waals surface area (Å²) < 4.78 is 5.98. The third-order valence-corrected chi connectivity index (χ3v) is 3.45. The third-order valence-electron chi connectivity index (χ3n) is 2.93. The van der Waals surface area contributed by atoms with Crippen LogP contribution in [0.15, 0.2) is 47.1 Å². The second kappa shape index (κ2) is 6.52. The molecule has 1 atom stereocenters.